The highest BCUT2D eigenvalue weighted by atomic mass is 35.5. The molecule has 0 unspecified atom stereocenters. The zero-order valence-electron chi connectivity index (χ0n) is 12.4. The van der Waals surface area contributed by atoms with Gasteiger partial charge in [0.2, 0.25) is 0 Å². The highest BCUT2D eigenvalue weighted by molar-refractivity contribution is 6.30. The van der Waals surface area contributed by atoms with Crippen molar-refractivity contribution in [1.29, 1.82) is 0 Å². The molecule has 0 aliphatic rings. The fourth-order valence-electron chi connectivity index (χ4n) is 2.44. The first-order valence-electron chi connectivity index (χ1n) is 7.26. The first-order chi connectivity index (χ1) is 11.7. The van der Waals surface area contributed by atoms with Crippen LogP contribution < -0.4 is 0 Å². The van der Waals surface area contributed by atoms with E-state index in [2.05, 4.69) is 9.98 Å². The van der Waals surface area contributed by atoms with E-state index in [9.17, 15) is 5.11 Å². The van der Waals surface area contributed by atoms with Crippen LogP contribution in [0.5, 0.6) is 5.75 Å². The molecule has 0 saturated carbocycles. The Morgan fingerprint density at radius 1 is 1.17 bits per heavy atom. The number of hydrogen-bond donors (Lipinski definition) is 1. The second-order valence-electron chi connectivity index (χ2n) is 5.15. The molecular formula is C18H12ClN3O2. The molecule has 0 spiro atoms. The van der Waals surface area contributed by atoms with Crippen molar-refractivity contribution in [2.45, 2.75) is 0 Å². The number of aliphatic imine (C=N–C) groups is 1. The number of pyridine rings is 1. The number of aromatic nitrogens is 2. The molecule has 3 aromatic heterocycles. The Kier molecular flexibility index (Phi) is 3.55. The van der Waals surface area contributed by atoms with Crippen molar-refractivity contribution >= 4 is 29.3 Å². The standard InChI is InChI=1S/C18H12ClN3O2/c19-13-6-7-14(23)12(10-13)11-20-18-17(15-4-3-9-24-15)21-16-5-1-2-8-22(16)18/h1-11,23H. The van der Waals surface area contributed by atoms with Crippen LogP contribution in [-0.4, -0.2) is 20.7 Å². The van der Waals surface area contributed by atoms with Gasteiger partial charge < -0.3 is 9.52 Å². The molecule has 0 atom stereocenters. The van der Waals surface area contributed by atoms with Crippen molar-refractivity contribution in [3.63, 3.8) is 0 Å². The molecule has 0 bridgehead atoms. The van der Waals surface area contributed by atoms with Crippen LogP contribution in [0.25, 0.3) is 17.1 Å². The van der Waals surface area contributed by atoms with Crippen molar-refractivity contribution in [1.82, 2.24) is 9.38 Å². The Balaban J connectivity index is 1.87. The molecule has 4 aromatic rings. The molecule has 1 N–H and O–H groups in total. The van der Waals surface area contributed by atoms with Gasteiger partial charge in [0.25, 0.3) is 0 Å². The minimum atomic E-state index is 0.108. The number of nitrogens with zero attached hydrogens (tertiary/aromatic N) is 3. The van der Waals surface area contributed by atoms with Gasteiger partial charge in [-0.25, -0.2) is 9.98 Å². The average Bonchev–Trinajstić information content (AvgIpc) is 3.23. The lowest BCUT2D eigenvalue weighted by molar-refractivity contribution is 0.474. The number of phenolic OH excluding ortho intramolecular Hbond substituents is 1. The zero-order chi connectivity index (χ0) is 16.5. The summed E-state index contributed by atoms with van der Waals surface area (Å²) in [7, 11) is 0. The maximum Gasteiger partial charge on any atom is 0.168 e. The largest absolute Gasteiger partial charge is 0.507 e. The number of rotatable bonds is 3. The summed E-state index contributed by atoms with van der Waals surface area (Å²) < 4.78 is 7.32. The summed E-state index contributed by atoms with van der Waals surface area (Å²) in [6.07, 6.45) is 5.03. The second kappa shape index (κ2) is 5.86. The second-order valence-corrected chi connectivity index (χ2v) is 5.59. The van der Waals surface area contributed by atoms with Crippen molar-refractivity contribution < 1.29 is 9.52 Å². The molecule has 24 heavy (non-hydrogen) atoms. The Morgan fingerprint density at radius 3 is 2.92 bits per heavy atom. The first kappa shape index (κ1) is 14.5. The minimum Gasteiger partial charge on any atom is -0.507 e. The van der Waals surface area contributed by atoms with Gasteiger partial charge in [0.05, 0.1) is 6.26 Å². The van der Waals surface area contributed by atoms with Gasteiger partial charge in [-0.2, -0.15) is 0 Å². The van der Waals surface area contributed by atoms with Gasteiger partial charge in [-0.15, -0.1) is 0 Å². The lowest BCUT2D eigenvalue weighted by Crippen LogP contribution is -1.85. The molecule has 0 fully saturated rings. The lowest BCUT2D eigenvalue weighted by Gasteiger charge is -2.00. The highest BCUT2D eigenvalue weighted by Crippen LogP contribution is 2.31. The molecule has 0 radical (unpaired) electrons. The van der Waals surface area contributed by atoms with Crippen LogP contribution in [0.15, 0.2) is 70.4 Å². The van der Waals surface area contributed by atoms with Gasteiger partial charge in [-0.3, -0.25) is 4.40 Å². The van der Waals surface area contributed by atoms with Gasteiger partial charge in [0.15, 0.2) is 17.3 Å². The smallest absolute Gasteiger partial charge is 0.168 e. The van der Waals surface area contributed by atoms with Crippen LogP contribution in [-0.2, 0) is 0 Å². The third kappa shape index (κ3) is 2.55. The lowest BCUT2D eigenvalue weighted by atomic mass is 10.2. The average molecular weight is 338 g/mol. The number of aromatic hydroxyl groups is 1. The van der Waals surface area contributed by atoms with E-state index in [0.717, 1.165) is 5.65 Å². The molecule has 4 rings (SSSR count). The predicted molar refractivity (Wildman–Crippen MR) is 93.3 cm³/mol. The number of hydrogen-bond acceptors (Lipinski definition) is 4. The molecule has 0 aliphatic carbocycles. The quantitative estimate of drug-likeness (QED) is 0.551. The number of phenols is 1. The Labute approximate surface area is 142 Å². The first-order valence-corrected chi connectivity index (χ1v) is 7.64. The zero-order valence-corrected chi connectivity index (χ0v) is 13.2. The summed E-state index contributed by atoms with van der Waals surface area (Å²) in [6, 6.07) is 14.1. The maximum absolute atomic E-state index is 9.94. The maximum atomic E-state index is 9.94. The fourth-order valence-corrected chi connectivity index (χ4v) is 2.62. The molecule has 0 saturated heterocycles. The van der Waals surface area contributed by atoms with Crippen LogP contribution in [0.4, 0.5) is 5.82 Å². The van der Waals surface area contributed by atoms with E-state index >= 15 is 0 Å². The molecule has 0 amide bonds. The Bertz CT molecular complexity index is 1040. The molecule has 5 nitrogen and oxygen atoms in total. The fraction of sp³-hybridized carbons (Fsp3) is 0. The summed E-state index contributed by atoms with van der Waals surface area (Å²) in [5.74, 6) is 1.35. The topological polar surface area (TPSA) is 63.0 Å². The van der Waals surface area contributed by atoms with E-state index in [0.29, 0.717) is 27.9 Å². The molecule has 118 valence electrons. The highest BCUT2D eigenvalue weighted by Gasteiger charge is 2.15. The van der Waals surface area contributed by atoms with E-state index < -0.39 is 0 Å². The van der Waals surface area contributed by atoms with E-state index in [4.69, 9.17) is 16.0 Å². The van der Waals surface area contributed by atoms with E-state index in [1.807, 2.05) is 34.9 Å². The molecule has 6 heteroatoms. The normalized spacial score (nSPS) is 11.5. The van der Waals surface area contributed by atoms with Crippen LogP contribution in [0.3, 0.4) is 0 Å². The van der Waals surface area contributed by atoms with Crippen LogP contribution in [0.2, 0.25) is 5.02 Å². The molecule has 3 heterocycles. The minimum absolute atomic E-state index is 0.108. The van der Waals surface area contributed by atoms with Crippen molar-refractivity contribution in [3.05, 3.63) is 71.6 Å². The van der Waals surface area contributed by atoms with Crippen LogP contribution in [0.1, 0.15) is 5.56 Å². The number of halogens is 1. The van der Waals surface area contributed by atoms with Gasteiger partial charge in [-0.05, 0) is 42.5 Å². The van der Waals surface area contributed by atoms with E-state index in [1.165, 1.54) is 6.07 Å². The summed E-state index contributed by atoms with van der Waals surface area (Å²) in [5.41, 5.74) is 1.91. The number of fused-ring (bicyclic) bond motifs is 1. The number of benzene rings is 1. The third-order valence-corrected chi connectivity index (χ3v) is 3.81. The van der Waals surface area contributed by atoms with E-state index in [-0.39, 0.29) is 5.75 Å². The SMILES string of the molecule is Oc1ccc(Cl)cc1C=Nc1c(-c2ccco2)nc2ccccn12. The summed E-state index contributed by atoms with van der Waals surface area (Å²) in [6.45, 7) is 0. The molecular weight excluding hydrogens is 326 g/mol. The summed E-state index contributed by atoms with van der Waals surface area (Å²) in [5, 5.41) is 10.5. The van der Waals surface area contributed by atoms with Gasteiger partial charge in [0, 0.05) is 23.0 Å². The van der Waals surface area contributed by atoms with Gasteiger partial charge in [0.1, 0.15) is 11.4 Å². The van der Waals surface area contributed by atoms with Crippen LogP contribution >= 0.6 is 11.6 Å². The van der Waals surface area contributed by atoms with Crippen LogP contribution in [0, 0.1) is 0 Å². The Morgan fingerprint density at radius 2 is 2.08 bits per heavy atom. The monoisotopic (exact) mass is 337 g/mol. The van der Waals surface area contributed by atoms with Crippen molar-refractivity contribution in [2.24, 2.45) is 4.99 Å². The summed E-state index contributed by atoms with van der Waals surface area (Å²) in [4.78, 5) is 9.09. The predicted octanol–water partition coefficient (Wildman–Crippen LogP) is 4.70. The number of furan rings is 1. The Hall–Kier alpha value is -3.05. The molecule has 1 aromatic carbocycles. The van der Waals surface area contributed by atoms with Crippen molar-refractivity contribution in [3.8, 4) is 17.2 Å². The van der Waals surface area contributed by atoms with E-state index in [1.54, 1.807) is 30.7 Å². The van der Waals surface area contributed by atoms with Crippen molar-refractivity contribution in [2.75, 3.05) is 0 Å². The van der Waals surface area contributed by atoms with Gasteiger partial charge >= 0.3 is 0 Å². The van der Waals surface area contributed by atoms with Gasteiger partial charge in [-0.1, -0.05) is 17.7 Å². The molecule has 0 aliphatic heterocycles. The number of imidazole rings is 1. The summed E-state index contributed by atoms with van der Waals surface area (Å²) >= 11 is 5.98. The third-order valence-electron chi connectivity index (χ3n) is 3.57.